The van der Waals surface area contributed by atoms with Crippen molar-refractivity contribution in [3.8, 4) is 11.5 Å². The van der Waals surface area contributed by atoms with Crippen molar-refractivity contribution in [1.29, 1.82) is 0 Å². The summed E-state index contributed by atoms with van der Waals surface area (Å²) in [7, 11) is 0. The third kappa shape index (κ3) is 2.36. The van der Waals surface area contributed by atoms with E-state index in [2.05, 4.69) is 6.08 Å². The summed E-state index contributed by atoms with van der Waals surface area (Å²) in [6.07, 6.45) is 5.87. The molecule has 1 aliphatic heterocycles. The van der Waals surface area contributed by atoms with Crippen molar-refractivity contribution < 1.29 is 14.9 Å². The maximum atomic E-state index is 10.1. The number of ether oxygens (including phenoxy) is 1. The number of hydrogen-bond acceptors (Lipinski definition) is 3. The first kappa shape index (κ1) is 13.0. The third-order valence-electron chi connectivity index (χ3n) is 3.46. The van der Waals surface area contributed by atoms with Crippen LogP contribution in [0.4, 0.5) is 0 Å². The topological polar surface area (TPSA) is 49.7 Å². The summed E-state index contributed by atoms with van der Waals surface area (Å²) in [5, 5.41) is 19.4. The third-order valence-corrected chi connectivity index (χ3v) is 3.46. The monoisotopic (exact) mass is 248 g/mol. The average Bonchev–Trinajstić information content (AvgIpc) is 2.65. The second-order valence-electron chi connectivity index (χ2n) is 4.75. The van der Waals surface area contributed by atoms with Gasteiger partial charge >= 0.3 is 0 Å². The molecule has 1 aromatic rings. The molecule has 0 saturated heterocycles. The van der Waals surface area contributed by atoms with Gasteiger partial charge in [-0.05, 0) is 44.4 Å². The van der Waals surface area contributed by atoms with Gasteiger partial charge in [0.2, 0.25) is 0 Å². The Morgan fingerprint density at radius 2 is 2.17 bits per heavy atom. The smallest absolute Gasteiger partial charge is 0.127 e. The zero-order valence-corrected chi connectivity index (χ0v) is 10.9. The largest absolute Gasteiger partial charge is 0.508 e. The van der Waals surface area contributed by atoms with Crippen molar-refractivity contribution in [2.45, 2.75) is 38.7 Å². The number of aliphatic hydroxyl groups is 1. The van der Waals surface area contributed by atoms with E-state index in [1.807, 2.05) is 26.0 Å². The predicted octanol–water partition coefficient (Wildman–Crippen LogP) is 2.76. The summed E-state index contributed by atoms with van der Waals surface area (Å²) in [5.74, 6) is 0.841. The van der Waals surface area contributed by atoms with Crippen LogP contribution in [0.1, 0.15) is 37.3 Å². The number of phenolic OH excluding ortho intramolecular Hbond substituents is 1. The summed E-state index contributed by atoms with van der Waals surface area (Å²) in [5.41, 5.74) is 1.81. The Bertz CT molecular complexity index is 451. The van der Waals surface area contributed by atoms with E-state index in [9.17, 15) is 10.2 Å². The van der Waals surface area contributed by atoms with Crippen LogP contribution in [-0.4, -0.2) is 22.9 Å². The van der Waals surface area contributed by atoms with Crippen molar-refractivity contribution >= 4 is 0 Å². The molecule has 3 heteroatoms. The van der Waals surface area contributed by atoms with E-state index in [4.69, 9.17) is 4.74 Å². The van der Waals surface area contributed by atoms with Crippen LogP contribution in [0.5, 0.6) is 11.5 Å². The van der Waals surface area contributed by atoms with Gasteiger partial charge in [-0.25, -0.2) is 0 Å². The van der Waals surface area contributed by atoms with Crippen LogP contribution in [-0.2, 0) is 6.42 Å². The first-order valence-electron chi connectivity index (χ1n) is 6.41. The zero-order chi connectivity index (χ0) is 13.1. The van der Waals surface area contributed by atoms with Crippen LogP contribution in [0.3, 0.4) is 0 Å². The van der Waals surface area contributed by atoms with Gasteiger partial charge in [0.25, 0.3) is 0 Å². The molecule has 0 bridgehead atoms. The molecule has 0 spiro atoms. The molecule has 0 aliphatic carbocycles. The highest BCUT2D eigenvalue weighted by molar-refractivity contribution is 5.52. The van der Waals surface area contributed by atoms with Crippen LogP contribution >= 0.6 is 0 Å². The second-order valence-corrected chi connectivity index (χ2v) is 4.75. The van der Waals surface area contributed by atoms with Gasteiger partial charge in [-0.1, -0.05) is 12.2 Å². The molecule has 18 heavy (non-hydrogen) atoms. The minimum Gasteiger partial charge on any atom is -0.508 e. The summed E-state index contributed by atoms with van der Waals surface area (Å²) >= 11 is 0. The normalized spacial score (nSPS) is 22.2. The van der Waals surface area contributed by atoms with E-state index in [1.54, 1.807) is 6.07 Å². The SMILES string of the molecule is CC=CCCc1cc(O)c2c(c1)OC(C)C2CO. The van der Waals surface area contributed by atoms with E-state index in [1.165, 1.54) is 0 Å². The molecule has 0 saturated carbocycles. The maximum absolute atomic E-state index is 10.1. The Labute approximate surface area is 108 Å². The lowest BCUT2D eigenvalue weighted by Gasteiger charge is -2.11. The van der Waals surface area contributed by atoms with Gasteiger partial charge in [0.15, 0.2) is 0 Å². The Kier molecular flexibility index (Phi) is 3.92. The Balaban J connectivity index is 2.25. The van der Waals surface area contributed by atoms with Gasteiger partial charge in [0, 0.05) is 5.56 Å². The Hall–Kier alpha value is -1.48. The van der Waals surface area contributed by atoms with E-state index in [0.29, 0.717) is 0 Å². The Morgan fingerprint density at radius 1 is 1.39 bits per heavy atom. The number of rotatable bonds is 4. The van der Waals surface area contributed by atoms with Gasteiger partial charge in [0.1, 0.15) is 17.6 Å². The summed E-state index contributed by atoms with van der Waals surface area (Å²) in [4.78, 5) is 0. The fraction of sp³-hybridized carbons (Fsp3) is 0.467. The molecular formula is C15H20O3. The maximum Gasteiger partial charge on any atom is 0.127 e. The van der Waals surface area contributed by atoms with Gasteiger partial charge in [-0.2, -0.15) is 0 Å². The average molecular weight is 248 g/mol. The van der Waals surface area contributed by atoms with Crippen molar-refractivity contribution in [3.63, 3.8) is 0 Å². The minimum atomic E-state index is -0.121. The predicted molar refractivity (Wildman–Crippen MR) is 71.2 cm³/mol. The molecule has 2 rings (SSSR count). The molecule has 98 valence electrons. The minimum absolute atomic E-state index is 0.000351. The van der Waals surface area contributed by atoms with Gasteiger partial charge < -0.3 is 14.9 Å². The van der Waals surface area contributed by atoms with Crippen LogP contribution in [0, 0.1) is 0 Å². The van der Waals surface area contributed by atoms with Crippen LogP contribution in [0.15, 0.2) is 24.3 Å². The highest BCUT2D eigenvalue weighted by atomic mass is 16.5. The number of aromatic hydroxyl groups is 1. The number of aliphatic hydroxyl groups excluding tert-OH is 1. The Morgan fingerprint density at radius 3 is 2.83 bits per heavy atom. The number of aryl methyl sites for hydroxylation is 1. The van der Waals surface area contributed by atoms with E-state index in [0.717, 1.165) is 29.7 Å². The lowest BCUT2D eigenvalue weighted by Crippen LogP contribution is -2.17. The highest BCUT2D eigenvalue weighted by Crippen LogP contribution is 2.44. The molecule has 1 aliphatic rings. The lowest BCUT2D eigenvalue weighted by atomic mass is 9.94. The second kappa shape index (κ2) is 5.44. The molecule has 0 radical (unpaired) electrons. The highest BCUT2D eigenvalue weighted by Gasteiger charge is 2.33. The molecular weight excluding hydrogens is 228 g/mol. The quantitative estimate of drug-likeness (QED) is 0.805. The fourth-order valence-electron chi connectivity index (χ4n) is 2.46. The number of phenols is 1. The summed E-state index contributed by atoms with van der Waals surface area (Å²) in [6, 6.07) is 3.76. The fourth-order valence-corrected chi connectivity index (χ4v) is 2.46. The molecule has 2 N–H and O–H groups in total. The van der Waals surface area contributed by atoms with Gasteiger partial charge in [0.05, 0.1) is 12.5 Å². The molecule has 0 amide bonds. The standard InChI is InChI=1S/C15H20O3/c1-3-4-5-6-11-7-13(17)15-12(9-16)10(2)18-14(15)8-11/h3-4,7-8,10,12,16-17H,5-6,9H2,1-2H3. The summed E-state index contributed by atoms with van der Waals surface area (Å²) in [6.45, 7) is 3.91. The van der Waals surface area contributed by atoms with Crippen LogP contribution < -0.4 is 4.74 Å². The van der Waals surface area contributed by atoms with Crippen molar-refractivity contribution in [2.24, 2.45) is 0 Å². The van der Waals surface area contributed by atoms with E-state index in [-0.39, 0.29) is 24.4 Å². The molecule has 0 fully saturated rings. The molecule has 1 aromatic carbocycles. The molecule has 1 heterocycles. The first-order chi connectivity index (χ1) is 8.67. The number of fused-ring (bicyclic) bond motifs is 1. The van der Waals surface area contributed by atoms with E-state index >= 15 is 0 Å². The molecule has 3 nitrogen and oxygen atoms in total. The number of hydrogen-bond donors (Lipinski definition) is 2. The number of allylic oxidation sites excluding steroid dienone is 2. The van der Waals surface area contributed by atoms with Crippen LogP contribution in [0.25, 0.3) is 0 Å². The van der Waals surface area contributed by atoms with Gasteiger partial charge in [-0.15, -0.1) is 0 Å². The summed E-state index contributed by atoms with van der Waals surface area (Å²) < 4.78 is 5.70. The van der Waals surface area contributed by atoms with Crippen molar-refractivity contribution in [2.75, 3.05) is 6.61 Å². The lowest BCUT2D eigenvalue weighted by molar-refractivity contribution is 0.172. The molecule has 2 unspecified atom stereocenters. The van der Waals surface area contributed by atoms with Crippen LogP contribution in [0.2, 0.25) is 0 Å². The first-order valence-corrected chi connectivity index (χ1v) is 6.41. The molecule has 0 aromatic heterocycles. The molecule has 2 atom stereocenters. The van der Waals surface area contributed by atoms with Crippen molar-refractivity contribution in [3.05, 3.63) is 35.4 Å². The van der Waals surface area contributed by atoms with Gasteiger partial charge in [-0.3, -0.25) is 0 Å². The zero-order valence-electron chi connectivity index (χ0n) is 10.9. The van der Waals surface area contributed by atoms with E-state index < -0.39 is 0 Å². The van der Waals surface area contributed by atoms with Crippen molar-refractivity contribution in [1.82, 2.24) is 0 Å². The number of benzene rings is 1.